The Hall–Kier alpha value is -3.41. The van der Waals surface area contributed by atoms with Crippen LogP contribution < -0.4 is 9.47 Å². The summed E-state index contributed by atoms with van der Waals surface area (Å²) in [6.45, 7) is 1.96. The highest BCUT2D eigenvalue weighted by atomic mass is 16.5. The summed E-state index contributed by atoms with van der Waals surface area (Å²) in [5, 5.41) is 1.01. The molecule has 2 aromatic carbocycles. The zero-order valence-electron chi connectivity index (χ0n) is 15.3. The van der Waals surface area contributed by atoms with Gasteiger partial charge in [0.2, 0.25) is 5.78 Å². The maximum atomic E-state index is 13.0. The second-order valence-corrected chi connectivity index (χ2v) is 5.69. The lowest BCUT2D eigenvalue weighted by Gasteiger charge is -2.13. The van der Waals surface area contributed by atoms with Crippen molar-refractivity contribution >= 4 is 22.5 Å². The van der Waals surface area contributed by atoms with Gasteiger partial charge in [-0.3, -0.25) is 9.78 Å². The number of carbonyl (C=O) groups is 2. The highest BCUT2D eigenvalue weighted by Crippen LogP contribution is 2.35. The van der Waals surface area contributed by atoms with Crippen molar-refractivity contribution in [2.24, 2.45) is 0 Å². The molecule has 0 unspecified atom stereocenters. The fourth-order valence-corrected chi connectivity index (χ4v) is 2.84. The van der Waals surface area contributed by atoms with E-state index in [1.54, 1.807) is 43.3 Å². The monoisotopic (exact) mass is 365 g/mol. The zero-order chi connectivity index (χ0) is 19.4. The fraction of sp³-hybridized carbons (Fsp3) is 0.190. The van der Waals surface area contributed by atoms with E-state index in [0.717, 1.165) is 0 Å². The Morgan fingerprint density at radius 3 is 2.19 bits per heavy atom. The van der Waals surface area contributed by atoms with Gasteiger partial charge in [0, 0.05) is 22.5 Å². The molecule has 6 heteroatoms. The van der Waals surface area contributed by atoms with Crippen LogP contribution in [-0.2, 0) is 4.74 Å². The Morgan fingerprint density at radius 2 is 1.59 bits per heavy atom. The van der Waals surface area contributed by atoms with E-state index in [0.29, 0.717) is 27.8 Å². The molecule has 0 aliphatic rings. The molecule has 0 aliphatic carbocycles. The summed E-state index contributed by atoms with van der Waals surface area (Å²) in [7, 11) is 3.01. The molecule has 1 heterocycles. The lowest BCUT2D eigenvalue weighted by molar-refractivity contribution is 0.0528. The van der Waals surface area contributed by atoms with Crippen LogP contribution in [0.4, 0.5) is 0 Å². The van der Waals surface area contributed by atoms with E-state index in [-0.39, 0.29) is 23.6 Å². The topological polar surface area (TPSA) is 74.7 Å². The van der Waals surface area contributed by atoms with Crippen LogP contribution in [0.2, 0.25) is 0 Å². The van der Waals surface area contributed by atoms with Gasteiger partial charge in [0.25, 0.3) is 0 Å². The molecule has 0 N–H and O–H groups in total. The summed E-state index contributed by atoms with van der Waals surface area (Å²) < 4.78 is 15.8. The molecule has 138 valence electrons. The molecule has 0 bridgehead atoms. The van der Waals surface area contributed by atoms with E-state index < -0.39 is 5.97 Å². The van der Waals surface area contributed by atoms with Crippen molar-refractivity contribution in [1.82, 2.24) is 4.98 Å². The minimum atomic E-state index is -0.513. The lowest BCUT2D eigenvalue weighted by Crippen LogP contribution is -2.10. The van der Waals surface area contributed by atoms with Gasteiger partial charge in [0.05, 0.1) is 26.4 Å². The third-order valence-corrected chi connectivity index (χ3v) is 4.14. The van der Waals surface area contributed by atoms with E-state index in [2.05, 4.69) is 4.98 Å². The van der Waals surface area contributed by atoms with E-state index in [1.165, 1.54) is 20.4 Å². The third kappa shape index (κ3) is 3.46. The van der Waals surface area contributed by atoms with Crippen LogP contribution in [0, 0.1) is 0 Å². The molecule has 0 fully saturated rings. The number of aromatic nitrogens is 1. The maximum absolute atomic E-state index is 13.0. The smallest absolute Gasteiger partial charge is 0.340 e. The molecule has 1 aromatic heterocycles. The first-order valence-electron chi connectivity index (χ1n) is 8.42. The summed E-state index contributed by atoms with van der Waals surface area (Å²) in [6.07, 6.45) is 1.36. The van der Waals surface area contributed by atoms with Crippen molar-refractivity contribution in [2.45, 2.75) is 6.92 Å². The first-order valence-corrected chi connectivity index (χ1v) is 8.42. The molecule has 3 rings (SSSR count). The first kappa shape index (κ1) is 18.4. The lowest BCUT2D eigenvalue weighted by atomic mass is 9.99. The fourth-order valence-electron chi connectivity index (χ4n) is 2.84. The molecule has 0 saturated carbocycles. The number of benzene rings is 2. The van der Waals surface area contributed by atoms with Crippen LogP contribution in [-0.4, -0.2) is 37.6 Å². The number of methoxy groups -OCH3 is 2. The van der Waals surface area contributed by atoms with Gasteiger partial charge in [-0.15, -0.1) is 0 Å². The quantitative estimate of drug-likeness (QED) is 0.490. The summed E-state index contributed by atoms with van der Waals surface area (Å²) in [5.41, 5.74) is 0.993. The van der Waals surface area contributed by atoms with Gasteiger partial charge in [-0.2, -0.15) is 0 Å². The minimum Gasteiger partial charge on any atom is -0.493 e. The van der Waals surface area contributed by atoms with E-state index >= 15 is 0 Å². The molecule has 0 amide bonds. The van der Waals surface area contributed by atoms with Crippen molar-refractivity contribution in [3.8, 4) is 11.5 Å². The van der Waals surface area contributed by atoms with Gasteiger partial charge in [0.1, 0.15) is 5.69 Å². The zero-order valence-corrected chi connectivity index (χ0v) is 15.3. The number of pyridine rings is 1. The maximum Gasteiger partial charge on any atom is 0.340 e. The van der Waals surface area contributed by atoms with Crippen molar-refractivity contribution < 1.29 is 23.8 Å². The average molecular weight is 365 g/mol. The molecule has 0 atom stereocenters. The van der Waals surface area contributed by atoms with Gasteiger partial charge < -0.3 is 14.2 Å². The van der Waals surface area contributed by atoms with Crippen LogP contribution in [0.15, 0.2) is 48.7 Å². The Bertz CT molecular complexity index is 998. The summed E-state index contributed by atoms with van der Waals surface area (Å²) in [4.78, 5) is 29.6. The molecule has 3 aromatic rings. The van der Waals surface area contributed by atoms with Gasteiger partial charge in [-0.1, -0.05) is 30.3 Å². The third-order valence-electron chi connectivity index (χ3n) is 4.14. The van der Waals surface area contributed by atoms with Crippen molar-refractivity contribution in [3.05, 3.63) is 65.5 Å². The van der Waals surface area contributed by atoms with Gasteiger partial charge in [-0.25, -0.2) is 4.79 Å². The van der Waals surface area contributed by atoms with Crippen molar-refractivity contribution in [3.63, 3.8) is 0 Å². The number of nitrogens with zero attached hydrogens (tertiary/aromatic N) is 1. The summed E-state index contributed by atoms with van der Waals surface area (Å²) >= 11 is 0. The number of ketones is 1. The van der Waals surface area contributed by atoms with Gasteiger partial charge in [-0.05, 0) is 19.1 Å². The van der Waals surface area contributed by atoms with Crippen LogP contribution in [0.1, 0.15) is 33.3 Å². The van der Waals surface area contributed by atoms with E-state index in [1.807, 2.05) is 6.07 Å². The average Bonchev–Trinajstić information content (AvgIpc) is 2.72. The summed E-state index contributed by atoms with van der Waals surface area (Å²) in [5.74, 6) is 0.124. The SMILES string of the molecule is CCOC(=O)c1cnc(C(=O)c2ccccc2)c2cc(OC)c(OC)cc12. The van der Waals surface area contributed by atoms with Crippen LogP contribution >= 0.6 is 0 Å². The van der Waals surface area contributed by atoms with Crippen LogP contribution in [0.3, 0.4) is 0 Å². The molecule has 0 aliphatic heterocycles. The number of fused-ring (bicyclic) bond motifs is 1. The molecule has 0 saturated heterocycles. The van der Waals surface area contributed by atoms with Crippen LogP contribution in [0.25, 0.3) is 10.8 Å². The van der Waals surface area contributed by atoms with Crippen molar-refractivity contribution in [1.29, 1.82) is 0 Å². The second-order valence-electron chi connectivity index (χ2n) is 5.69. The Morgan fingerprint density at radius 1 is 0.963 bits per heavy atom. The molecule has 27 heavy (non-hydrogen) atoms. The predicted octanol–water partition coefficient (Wildman–Crippen LogP) is 3.66. The first-order chi connectivity index (χ1) is 13.1. The number of hydrogen-bond donors (Lipinski definition) is 0. The number of rotatable bonds is 6. The highest BCUT2D eigenvalue weighted by Gasteiger charge is 2.21. The predicted molar refractivity (Wildman–Crippen MR) is 101 cm³/mol. The molecular weight excluding hydrogens is 346 g/mol. The number of esters is 1. The molecule has 0 radical (unpaired) electrons. The minimum absolute atomic E-state index is 0.227. The molecular formula is C21H19NO5. The van der Waals surface area contributed by atoms with Gasteiger partial charge >= 0.3 is 5.97 Å². The largest absolute Gasteiger partial charge is 0.493 e. The second kappa shape index (κ2) is 7.86. The highest BCUT2D eigenvalue weighted by molar-refractivity contribution is 6.18. The Kier molecular flexibility index (Phi) is 5.35. The number of ether oxygens (including phenoxy) is 3. The standard InChI is InChI=1S/C21H19NO5/c1-4-27-21(24)16-12-22-19(20(23)13-8-6-5-7-9-13)15-11-18(26-3)17(25-2)10-14(15)16/h5-12H,4H2,1-3H3. The molecule has 0 spiro atoms. The Labute approximate surface area is 156 Å². The number of hydrogen-bond acceptors (Lipinski definition) is 6. The van der Waals surface area contributed by atoms with E-state index in [9.17, 15) is 9.59 Å². The van der Waals surface area contributed by atoms with E-state index in [4.69, 9.17) is 14.2 Å². The Balaban J connectivity index is 2.28. The summed E-state index contributed by atoms with van der Waals surface area (Å²) in [6, 6.07) is 12.1. The molecule has 6 nitrogen and oxygen atoms in total. The van der Waals surface area contributed by atoms with Crippen LogP contribution in [0.5, 0.6) is 11.5 Å². The van der Waals surface area contributed by atoms with Crippen molar-refractivity contribution in [2.75, 3.05) is 20.8 Å². The normalized spacial score (nSPS) is 10.5. The number of carbonyl (C=O) groups excluding carboxylic acids is 2. The van der Waals surface area contributed by atoms with Gasteiger partial charge in [0.15, 0.2) is 11.5 Å².